The van der Waals surface area contributed by atoms with Gasteiger partial charge < -0.3 is 35.1 Å². The fourth-order valence-corrected chi connectivity index (χ4v) is 6.28. The van der Waals surface area contributed by atoms with Crippen molar-refractivity contribution in [1.82, 2.24) is 14.1 Å². The minimum absolute atomic E-state index is 0.265. The van der Waals surface area contributed by atoms with E-state index in [1.54, 1.807) is 24.3 Å². The number of halogens is 1. The number of sulfonamides is 1. The summed E-state index contributed by atoms with van der Waals surface area (Å²) in [6, 6.07) is 10.0. The van der Waals surface area contributed by atoms with Crippen LogP contribution in [0.2, 0.25) is 0 Å². The molecule has 2 aliphatic heterocycles. The van der Waals surface area contributed by atoms with Crippen LogP contribution < -0.4 is 4.90 Å². The first-order chi connectivity index (χ1) is 22.0. The van der Waals surface area contributed by atoms with Crippen molar-refractivity contribution in [2.45, 2.75) is 21.1 Å². The summed E-state index contributed by atoms with van der Waals surface area (Å²) in [6.07, 6.45) is 3.17. The number of likely N-dealkylation sites (N-methyl/N-ethyl adjacent to an activating group) is 1. The molecular formula is C30H37FN4O10S2. The standard InChI is InChI=1S/C22H29FN4O2S2.2C4H4O4/c1-24(2)31(28,29)18-6-8-21-20(16-18)27(19-7-5-17(23)15-22(19)30-21)10-4-9-26-13-11-25(3)12-14-26;2*5-3(6)1-2-4(7)8/h5-8,15-16H,4,9-14H2,1-3H3;2*1-2H,(H,5,6)(H,7,8). The second-order valence-corrected chi connectivity index (χ2v) is 13.5. The van der Waals surface area contributed by atoms with Gasteiger partial charge in [0.2, 0.25) is 10.0 Å². The molecule has 2 heterocycles. The molecule has 17 heteroatoms. The number of hydrogen-bond acceptors (Lipinski definition) is 10. The molecule has 0 spiro atoms. The number of benzene rings is 2. The van der Waals surface area contributed by atoms with E-state index in [9.17, 15) is 32.0 Å². The summed E-state index contributed by atoms with van der Waals surface area (Å²) in [4.78, 5) is 47.2. The van der Waals surface area contributed by atoms with Crippen molar-refractivity contribution in [2.24, 2.45) is 0 Å². The molecule has 0 saturated carbocycles. The Balaban J connectivity index is 0.000000397. The van der Waals surface area contributed by atoms with Gasteiger partial charge >= 0.3 is 23.9 Å². The fraction of sp³-hybridized carbons (Fsp3) is 0.333. The molecule has 0 bridgehead atoms. The normalized spacial score (nSPS) is 14.9. The number of hydrogen-bond donors (Lipinski definition) is 4. The van der Waals surface area contributed by atoms with Gasteiger partial charge in [-0.1, -0.05) is 11.8 Å². The number of aliphatic carboxylic acids is 4. The number of carboxylic acids is 4. The Labute approximate surface area is 276 Å². The summed E-state index contributed by atoms with van der Waals surface area (Å²) in [6.45, 7) is 6.02. The van der Waals surface area contributed by atoms with Gasteiger partial charge in [-0.15, -0.1) is 0 Å². The third kappa shape index (κ3) is 12.8. The Bertz CT molecular complexity index is 1540. The van der Waals surface area contributed by atoms with Gasteiger partial charge in [0.1, 0.15) is 5.82 Å². The lowest BCUT2D eigenvalue weighted by Gasteiger charge is -2.35. The molecule has 0 radical (unpaired) electrons. The highest BCUT2D eigenvalue weighted by atomic mass is 32.2. The van der Waals surface area contributed by atoms with Crippen LogP contribution in [-0.2, 0) is 29.2 Å². The van der Waals surface area contributed by atoms with Crippen molar-refractivity contribution >= 4 is 57.0 Å². The number of carbonyl (C=O) groups is 4. The zero-order valence-electron chi connectivity index (χ0n) is 25.9. The summed E-state index contributed by atoms with van der Waals surface area (Å²) in [7, 11) is 1.69. The summed E-state index contributed by atoms with van der Waals surface area (Å²) in [5.41, 5.74) is 1.79. The van der Waals surface area contributed by atoms with Gasteiger partial charge in [0, 0.05) is 80.9 Å². The molecular weight excluding hydrogens is 659 g/mol. The first-order valence-corrected chi connectivity index (χ1v) is 16.3. The molecule has 0 aromatic heterocycles. The van der Waals surface area contributed by atoms with Crippen LogP contribution in [0.1, 0.15) is 6.42 Å². The van der Waals surface area contributed by atoms with E-state index in [-0.39, 0.29) is 10.7 Å². The van der Waals surface area contributed by atoms with Gasteiger partial charge in [-0.25, -0.2) is 36.3 Å². The van der Waals surface area contributed by atoms with Crippen molar-refractivity contribution in [2.75, 3.05) is 65.3 Å². The van der Waals surface area contributed by atoms with Crippen molar-refractivity contribution in [3.63, 3.8) is 0 Å². The van der Waals surface area contributed by atoms with Crippen molar-refractivity contribution in [3.05, 3.63) is 66.5 Å². The summed E-state index contributed by atoms with van der Waals surface area (Å²) < 4.78 is 40.5. The average Bonchev–Trinajstić information content (AvgIpc) is 2.99. The molecule has 2 aromatic rings. The van der Waals surface area contributed by atoms with Crippen LogP contribution in [0.15, 0.2) is 75.4 Å². The van der Waals surface area contributed by atoms with Crippen LogP contribution in [0.4, 0.5) is 15.8 Å². The number of anilines is 2. The molecule has 4 rings (SSSR count). The van der Waals surface area contributed by atoms with Gasteiger partial charge in [0.05, 0.1) is 16.3 Å². The van der Waals surface area contributed by atoms with Gasteiger partial charge in [0.15, 0.2) is 0 Å². The minimum atomic E-state index is -3.54. The van der Waals surface area contributed by atoms with E-state index in [1.807, 2.05) is 6.07 Å². The molecule has 1 saturated heterocycles. The highest BCUT2D eigenvalue weighted by molar-refractivity contribution is 7.99. The topological polar surface area (TPSA) is 196 Å². The minimum Gasteiger partial charge on any atom is -0.478 e. The lowest BCUT2D eigenvalue weighted by Crippen LogP contribution is -2.45. The fourth-order valence-electron chi connectivity index (χ4n) is 4.26. The van der Waals surface area contributed by atoms with E-state index in [2.05, 4.69) is 21.7 Å². The predicted molar refractivity (Wildman–Crippen MR) is 172 cm³/mol. The molecule has 256 valence electrons. The Hall–Kier alpha value is -4.29. The number of fused-ring (bicyclic) bond motifs is 2. The molecule has 2 aromatic carbocycles. The van der Waals surface area contributed by atoms with E-state index in [4.69, 9.17) is 20.4 Å². The largest absolute Gasteiger partial charge is 0.478 e. The molecule has 47 heavy (non-hydrogen) atoms. The van der Waals surface area contributed by atoms with Crippen molar-refractivity contribution < 1.29 is 52.4 Å². The van der Waals surface area contributed by atoms with Crippen LogP contribution in [-0.4, -0.2) is 127 Å². The average molecular weight is 697 g/mol. The zero-order valence-corrected chi connectivity index (χ0v) is 27.6. The Morgan fingerprint density at radius 2 is 1.32 bits per heavy atom. The van der Waals surface area contributed by atoms with Gasteiger partial charge in [-0.3, -0.25) is 0 Å². The van der Waals surface area contributed by atoms with Crippen molar-refractivity contribution in [3.8, 4) is 0 Å². The molecule has 0 aliphatic carbocycles. The highest BCUT2D eigenvalue weighted by Crippen LogP contribution is 2.49. The van der Waals surface area contributed by atoms with E-state index >= 15 is 0 Å². The van der Waals surface area contributed by atoms with E-state index < -0.39 is 33.9 Å². The molecule has 0 atom stereocenters. The number of nitrogens with zero attached hydrogens (tertiary/aromatic N) is 4. The third-order valence-corrected chi connectivity index (χ3v) is 9.54. The van der Waals surface area contributed by atoms with E-state index in [1.165, 1.54) is 36.2 Å². The van der Waals surface area contributed by atoms with Crippen LogP contribution in [0, 0.1) is 5.82 Å². The highest BCUT2D eigenvalue weighted by Gasteiger charge is 2.27. The molecule has 1 fully saturated rings. The molecule has 0 amide bonds. The Kier molecular flexibility index (Phi) is 15.0. The van der Waals surface area contributed by atoms with Crippen LogP contribution in [0.25, 0.3) is 0 Å². The lowest BCUT2D eigenvalue weighted by molar-refractivity contribution is -0.134. The summed E-state index contributed by atoms with van der Waals surface area (Å²) >= 11 is 1.48. The SMILES string of the molecule is CN1CCN(CCCN2c3ccc(F)cc3Sc3ccc(S(=O)(=O)N(C)C)cc32)CC1.O=C(O)C=CC(=O)O.O=C(O)C=CC(=O)O. The number of carboxylic acid groups (broad SMARTS) is 4. The number of rotatable bonds is 10. The van der Waals surface area contributed by atoms with Crippen LogP contribution in [0.3, 0.4) is 0 Å². The Morgan fingerprint density at radius 1 is 0.787 bits per heavy atom. The lowest BCUT2D eigenvalue weighted by atomic mass is 10.2. The maximum absolute atomic E-state index is 13.9. The van der Waals surface area contributed by atoms with Crippen LogP contribution >= 0.6 is 11.8 Å². The van der Waals surface area contributed by atoms with Crippen LogP contribution in [0.5, 0.6) is 0 Å². The van der Waals surface area contributed by atoms with Gasteiger partial charge in [-0.05, 0) is 56.4 Å². The van der Waals surface area contributed by atoms with Gasteiger partial charge in [0.25, 0.3) is 0 Å². The quantitative estimate of drug-likeness (QED) is 0.265. The summed E-state index contributed by atoms with van der Waals surface area (Å²) in [5, 5.41) is 31.2. The van der Waals surface area contributed by atoms with Gasteiger partial charge in [-0.2, -0.15) is 0 Å². The van der Waals surface area contributed by atoms with Crippen molar-refractivity contribution in [1.29, 1.82) is 0 Å². The first-order valence-electron chi connectivity index (χ1n) is 14.0. The molecule has 4 N–H and O–H groups in total. The third-order valence-electron chi connectivity index (χ3n) is 6.62. The first kappa shape index (κ1) is 38.9. The molecule has 14 nitrogen and oxygen atoms in total. The van der Waals surface area contributed by atoms with E-state index in [0.717, 1.165) is 66.9 Å². The number of piperazine rings is 1. The van der Waals surface area contributed by atoms with E-state index in [0.29, 0.717) is 24.3 Å². The Morgan fingerprint density at radius 3 is 1.81 bits per heavy atom. The molecule has 2 aliphatic rings. The smallest absolute Gasteiger partial charge is 0.328 e. The predicted octanol–water partition coefficient (Wildman–Crippen LogP) is 2.74. The second kappa shape index (κ2) is 18.2. The second-order valence-electron chi connectivity index (χ2n) is 10.3. The maximum Gasteiger partial charge on any atom is 0.328 e. The zero-order chi connectivity index (χ0) is 35.3. The summed E-state index contributed by atoms with van der Waals surface area (Å²) in [5.74, 6) is -5.29. The molecule has 0 unspecified atom stereocenters. The monoisotopic (exact) mass is 696 g/mol. The maximum atomic E-state index is 13.9.